The van der Waals surface area contributed by atoms with Crippen LogP contribution in [0.4, 0.5) is 11.8 Å². The van der Waals surface area contributed by atoms with Gasteiger partial charge in [-0.15, -0.1) is 0 Å². The van der Waals surface area contributed by atoms with Crippen molar-refractivity contribution in [1.82, 2.24) is 14.9 Å². The quantitative estimate of drug-likeness (QED) is 0.815. The van der Waals surface area contributed by atoms with Crippen LogP contribution in [0, 0.1) is 0 Å². The fourth-order valence-corrected chi connectivity index (χ4v) is 2.79. The van der Waals surface area contributed by atoms with E-state index in [0.29, 0.717) is 16.4 Å². The first kappa shape index (κ1) is 13.5. The Bertz CT molecular complexity index is 372. The van der Waals surface area contributed by atoms with Crippen LogP contribution in [-0.2, 0) is 0 Å². The highest BCUT2D eigenvalue weighted by Gasteiger charge is 2.18. The molecule has 0 saturated heterocycles. The number of anilines is 2. The van der Waals surface area contributed by atoms with Crippen molar-refractivity contribution >= 4 is 27.7 Å². The minimum Gasteiger partial charge on any atom is -0.383 e. The normalized spacial score (nSPS) is 16.4. The molecule has 2 rings (SSSR count). The summed E-state index contributed by atoms with van der Waals surface area (Å²) in [5, 5.41) is 3.21. The van der Waals surface area contributed by atoms with E-state index < -0.39 is 0 Å². The zero-order valence-corrected chi connectivity index (χ0v) is 12.3. The molecule has 1 aliphatic carbocycles. The Kier molecular flexibility index (Phi) is 4.77. The minimum absolute atomic E-state index is 0.475. The van der Waals surface area contributed by atoms with Crippen LogP contribution in [0.3, 0.4) is 0 Å². The number of aromatic nitrogens is 2. The van der Waals surface area contributed by atoms with Gasteiger partial charge in [-0.1, -0.05) is 12.8 Å². The summed E-state index contributed by atoms with van der Waals surface area (Å²) in [5.41, 5.74) is 5.66. The molecule has 1 fully saturated rings. The van der Waals surface area contributed by atoms with E-state index in [1.54, 1.807) is 6.07 Å². The third-order valence-electron chi connectivity index (χ3n) is 3.41. The van der Waals surface area contributed by atoms with E-state index in [4.69, 9.17) is 5.73 Å². The van der Waals surface area contributed by atoms with E-state index in [1.807, 2.05) is 0 Å². The maximum absolute atomic E-state index is 5.66. The predicted molar refractivity (Wildman–Crippen MR) is 77.5 cm³/mol. The van der Waals surface area contributed by atoms with Crippen LogP contribution in [0.2, 0.25) is 0 Å². The number of likely N-dealkylation sites (N-methyl/N-ethyl adjacent to an activating group) is 1. The van der Waals surface area contributed by atoms with Crippen molar-refractivity contribution in [2.24, 2.45) is 0 Å². The van der Waals surface area contributed by atoms with E-state index in [2.05, 4.69) is 43.2 Å². The van der Waals surface area contributed by atoms with E-state index >= 15 is 0 Å². The van der Waals surface area contributed by atoms with Crippen LogP contribution in [0.1, 0.15) is 25.7 Å². The molecule has 1 aromatic rings. The van der Waals surface area contributed by atoms with Crippen molar-refractivity contribution in [3.63, 3.8) is 0 Å². The molecule has 1 aromatic heterocycles. The van der Waals surface area contributed by atoms with Gasteiger partial charge in [0.15, 0.2) is 0 Å². The fourth-order valence-electron chi connectivity index (χ4n) is 2.39. The average Bonchev–Trinajstić information content (AvgIpc) is 2.80. The lowest BCUT2D eigenvalue weighted by Crippen LogP contribution is -2.33. The molecule has 0 unspecified atom stereocenters. The van der Waals surface area contributed by atoms with Gasteiger partial charge in [0, 0.05) is 25.2 Å². The molecule has 0 bridgehead atoms. The van der Waals surface area contributed by atoms with Crippen molar-refractivity contribution in [3.05, 3.63) is 10.7 Å². The molecule has 1 aliphatic rings. The van der Waals surface area contributed by atoms with Gasteiger partial charge in [0.05, 0.1) is 0 Å². The van der Waals surface area contributed by atoms with Gasteiger partial charge in [0.2, 0.25) is 5.95 Å². The van der Waals surface area contributed by atoms with Crippen molar-refractivity contribution in [2.45, 2.75) is 31.7 Å². The number of nitrogens with one attached hydrogen (secondary N) is 1. The molecule has 3 N–H and O–H groups in total. The van der Waals surface area contributed by atoms with Crippen LogP contribution in [0.15, 0.2) is 10.7 Å². The van der Waals surface area contributed by atoms with Crippen LogP contribution in [-0.4, -0.2) is 41.0 Å². The highest BCUT2D eigenvalue weighted by Crippen LogP contribution is 2.22. The van der Waals surface area contributed by atoms with Crippen LogP contribution < -0.4 is 11.1 Å². The molecular formula is C12H20BrN5. The Balaban J connectivity index is 1.77. The van der Waals surface area contributed by atoms with E-state index in [0.717, 1.165) is 19.1 Å². The third-order valence-corrected chi connectivity index (χ3v) is 3.82. The maximum atomic E-state index is 5.66. The number of hydrogen-bond acceptors (Lipinski definition) is 5. The summed E-state index contributed by atoms with van der Waals surface area (Å²) >= 11 is 3.31. The molecule has 100 valence electrons. The molecule has 0 atom stereocenters. The second-order valence-electron chi connectivity index (χ2n) is 4.78. The third kappa shape index (κ3) is 3.81. The Morgan fingerprint density at radius 2 is 2.17 bits per heavy atom. The van der Waals surface area contributed by atoms with Crippen LogP contribution >= 0.6 is 15.9 Å². The number of hydrogen-bond donors (Lipinski definition) is 2. The lowest BCUT2D eigenvalue weighted by atomic mass is 10.2. The number of nitrogen functional groups attached to an aromatic ring is 1. The topological polar surface area (TPSA) is 67.1 Å². The highest BCUT2D eigenvalue weighted by atomic mass is 79.9. The molecule has 0 aromatic carbocycles. The fraction of sp³-hybridized carbons (Fsp3) is 0.667. The smallest absolute Gasteiger partial charge is 0.225 e. The summed E-state index contributed by atoms with van der Waals surface area (Å²) in [6.45, 7) is 1.84. The summed E-state index contributed by atoms with van der Waals surface area (Å²) in [7, 11) is 2.19. The van der Waals surface area contributed by atoms with Crippen molar-refractivity contribution in [3.8, 4) is 0 Å². The van der Waals surface area contributed by atoms with Gasteiger partial charge in [-0.2, -0.15) is 4.98 Å². The van der Waals surface area contributed by atoms with Crippen molar-refractivity contribution < 1.29 is 0 Å². The van der Waals surface area contributed by atoms with Gasteiger partial charge in [0.25, 0.3) is 0 Å². The van der Waals surface area contributed by atoms with E-state index in [9.17, 15) is 0 Å². The van der Waals surface area contributed by atoms with E-state index in [-0.39, 0.29) is 0 Å². The second kappa shape index (κ2) is 6.33. The first-order valence-electron chi connectivity index (χ1n) is 6.39. The summed E-state index contributed by atoms with van der Waals surface area (Å²) in [4.78, 5) is 10.8. The first-order valence-corrected chi connectivity index (χ1v) is 7.18. The summed E-state index contributed by atoms with van der Waals surface area (Å²) in [6.07, 6.45) is 5.40. The minimum atomic E-state index is 0.475. The first-order chi connectivity index (χ1) is 8.65. The summed E-state index contributed by atoms with van der Waals surface area (Å²) < 4.78 is 0.710. The monoisotopic (exact) mass is 313 g/mol. The number of nitrogens with zero attached hydrogens (tertiary/aromatic N) is 3. The Morgan fingerprint density at radius 3 is 2.83 bits per heavy atom. The van der Waals surface area contributed by atoms with Gasteiger partial charge >= 0.3 is 0 Å². The van der Waals surface area contributed by atoms with Gasteiger partial charge in [0.1, 0.15) is 10.4 Å². The summed E-state index contributed by atoms with van der Waals surface area (Å²) in [5.74, 6) is 1.06. The van der Waals surface area contributed by atoms with Gasteiger partial charge in [-0.05, 0) is 35.8 Å². The molecule has 0 radical (unpaired) electrons. The molecule has 18 heavy (non-hydrogen) atoms. The van der Waals surface area contributed by atoms with Crippen LogP contribution in [0.25, 0.3) is 0 Å². The number of rotatable bonds is 5. The SMILES string of the molecule is CN(CCNc1nc(N)cc(Br)n1)C1CCCC1. The Morgan fingerprint density at radius 1 is 1.44 bits per heavy atom. The Hall–Kier alpha value is -0.880. The molecule has 6 heteroatoms. The van der Waals surface area contributed by atoms with Crippen molar-refractivity contribution in [2.75, 3.05) is 31.2 Å². The zero-order chi connectivity index (χ0) is 13.0. The molecule has 0 aliphatic heterocycles. The lowest BCUT2D eigenvalue weighted by molar-refractivity contribution is 0.254. The van der Waals surface area contributed by atoms with Gasteiger partial charge < -0.3 is 16.0 Å². The predicted octanol–water partition coefficient (Wildman–Crippen LogP) is 2.11. The molecule has 1 heterocycles. The van der Waals surface area contributed by atoms with Gasteiger partial charge in [-0.3, -0.25) is 0 Å². The molecule has 5 nitrogen and oxygen atoms in total. The second-order valence-corrected chi connectivity index (χ2v) is 5.60. The lowest BCUT2D eigenvalue weighted by Gasteiger charge is -2.23. The standard InChI is InChI=1S/C12H20BrN5/c1-18(9-4-2-3-5-9)7-6-15-12-16-10(13)8-11(14)17-12/h8-9H,2-7H2,1H3,(H3,14,15,16,17). The van der Waals surface area contributed by atoms with E-state index in [1.165, 1.54) is 25.7 Å². The van der Waals surface area contributed by atoms with Crippen LogP contribution in [0.5, 0.6) is 0 Å². The summed E-state index contributed by atoms with van der Waals surface area (Å²) in [6, 6.07) is 2.44. The zero-order valence-electron chi connectivity index (χ0n) is 10.7. The average molecular weight is 314 g/mol. The molecule has 0 amide bonds. The van der Waals surface area contributed by atoms with Gasteiger partial charge in [-0.25, -0.2) is 4.98 Å². The number of halogens is 1. The highest BCUT2D eigenvalue weighted by molar-refractivity contribution is 9.10. The van der Waals surface area contributed by atoms with Crippen molar-refractivity contribution in [1.29, 1.82) is 0 Å². The molecule has 1 saturated carbocycles. The molecular weight excluding hydrogens is 294 g/mol. The largest absolute Gasteiger partial charge is 0.383 e. The number of nitrogens with two attached hydrogens (primary N) is 1. The molecule has 0 spiro atoms. The Labute approximate surface area is 116 Å². The maximum Gasteiger partial charge on any atom is 0.225 e.